The summed E-state index contributed by atoms with van der Waals surface area (Å²) in [6.07, 6.45) is -5.94. The molecule has 0 unspecified atom stereocenters. The highest BCUT2D eigenvalue weighted by molar-refractivity contribution is 7.15. The fourth-order valence-corrected chi connectivity index (χ4v) is 7.43. The summed E-state index contributed by atoms with van der Waals surface area (Å²) >= 11 is 1.35. The summed E-state index contributed by atoms with van der Waals surface area (Å²) in [7, 11) is 0. The summed E-state index contributed by atoms with van der Waals surface area (Å²) in [5.41, 5.74) is -1.20. The number of ether oxygens (including phenoxy) is 1. The summed E-state index contributed by atoms with van der Waals surface area (Å²) in [4.78, 5) is 42.7. The van der Waals surface area contributed by atoms with Crippen LogP contribution in [0.15, 0.2) is 59.5 Å². The van der Waals surface area contributed by atoms with Crippen molar-refractivity contribution in [3.63, 3.8) is 0 Å². The molecule has 1 fully saturated rings. The van der Waals surface area contributed by atoms with Crippen molar-refractivity contribution in [2.45, 2.75) is 51.1 Å². The van der Waals surface area contributed by atoms with Gasteiger partial charge in [-0.1, -0.05) is 12.1 Å². The van der Waals surface area contributed by atoms with E-state index in [2.05, 4.69) is 5.32 Å². The van der Waals surface area contributed by atoms with Crippen LogP contribution in [0.25, 0.3) is 10.4 Å². The van der Waals surface area contributed by atoms with Crippen LogP contribution in [-0.4, -0.2) is 52.3 Å². The molecule has 4 aromatic rings. The number of aliphatic carboxylic acids is 1. The fourth-order valence-electron chi connectivity index (χ4n) is 6.23. The number of pyridine rings is 1. The Balaban J connectivity index is 1.55. The zero-order valence-corrected chi connectivity index (χ0v) is 26.6. The number of amides is 1. The Morgan fingerprint density at radius 3 is 2.52 bits per heavy atom. The monoisotopic (exact) mass is 687 g/mol. The average molecular weight is 688 g/mol. The molecule has 14 heteroatoms. The number of alkyl halides is 4. The zero-order valence-electron chi connectivity index (χ0n) is 25.7. The van der Waals surface area contributed by atoms with Gasteiger partial charge in [-0.2, -0.15) is 13.2 Å². The first-order valence-corrected chi connectivity index (χ1v) is 15.9. The van der Waals surface area contributed by atoms with Crippen LogP contribution < -0.4 is 15.6 Å². The number of fused-ring (bicyclic) bond motifs is 6. The number of aromatic nitrogens is 1. The number of likely N-dealkylation sites (tertiary alicyclic amines) is 1. The molecule has 2 atom stereocenters. The Morgan fingerprint density at radius 1 is 1.08 bits per heavy atom. The summed E-state index contributed by atoms with van der Waals surface area (Å²) < 4.78 is 78.5. The van der Waals surface area contributed by atoms with Gasteiger partial charge in [0.05, 0.1) is 18.0 Å². The molecule has 2 aromatic heterocycles. The van der Waals surface area contributed by atoms with E-state index in [-0.39, 0.29) is 42.9 Å². The lowest BCUT2D eigenvalue weighted by Crippen LogP contribution is -2.49. The van der Waals surface area contributed by atoms with E-state index in [4.69, 9.17) is 4.74 Å². The standard InChI is InChI=1S/C34H30F5N3O5S/c1-17-4-3-5-27-31(17)28-11-22(18(2)48-28)26(13-30(44)45)40-33(46)32(23-10-21(47-27)6-7-25(23)36)42-14-19(8-9-41-15-20(35)16-41)24(12-29(42)43)34(37,38)39/h3-7,10-12,14,20,26,32H,8-9,13,15-16H2,1-2H3,(H,40,46)(H,44,45)/t26-,32-/m1/s1. The van der Waals surface area contributed by atoms with Crippen LogP contribution in [0.5, 0.6) is 11.5 Å². The molecule has 4 bridgehead atoms. The van der Waals surface area contributed by atoms with Gasteiger partial charge in [0.15, 0.2) is 0 Å². The van der Waals surface area contributed by atoms with Gasteiger partial charge in [-0.05, 0) is 67.3 Å². The number of halogens is 5. The lowest BCUT2D eigenvalue weighted by Gasteiger charge is -2.34. The predicted octanol–water partition coefficient (Wildman–Crippen LogP) is 6.58. The van der Waals surface area contributed by atoms with E-state index in [0.717, 1.165) is 27.3 Å². The second-order valence-corrected chi connectivity index (χ2v) is 13.2. The van der Waals surface area contributed by atoms with Gasteiger partial charge in [0.25, 0.3) is 5.56 Å². The summed E-state index contributed by atoms with van der Waals surface area (Å²) in [5, 5.41) is 12.5. The number of carboxylic acid groups (broad SMARTS) is 1. The number of carboxylic acids is 1. The smallest absolute Gasteiger partial charge is 0.416 e. The summed E-state index contributed by atoms with van der Waals surface area (Å²) in [5.74, 6) is -2.75. The molecule has 2 N–H and O–H groups in total. The van der Waals surface area contributed by atoms with Gasteiger partial charge in [-0.25, -0.2) is 8.78 Å². The molecule has 2 aliphatic heterocycles. The highest BCUT2D eigenvalue weighted by Gasteiger charge is 2.37. The molecule has 0 saturated carbocycles. The van der Waals surface area contributed by atoms with Gasteiger partial charge < -0.3 is 15.2 Å². The lowest BCUT2D eigenvalue weighted by atomic mass is 9.99. The largest absolute Gasteiger partial charge is 0.481 e. The number of carbonyl (C=O) groups excluding carboxylic acids is 1. The molecule has 8 nitrogen and oxygen atoms in total. The number of nitrogens with zero attached hydrogens (tertiary/aromatic N) is 2. The highest BCUT2D eigenvalue weighted by Crippen LogP contribution is 2.43. The Kier molecular flexibility index (Phi) is 8.90. The topological polar surface area (TPSA) is 101 Å². The molecule has 48 heavy (non-hydrogen) atoms. The van der Waals surface area contributed by atoms with Gasteiger partial charge in [0.1, 0.15) is 29.5 Å². The molecule has 2 aliphatic rings. The second-order valence-electron chi connectivity index (χ2n) is 12.0. The van der Waals surface area contributed by atoms with Crippen LogP contribution in [0, 0.1) is 19.7 Å². The third-order valence-corrected chi connectivity index (χ3v) is 9.69. The molecule has 1 saturated heterocycles. The maximum absolute atomic E-state index is 15.8. The Bertz CT molecular complexity index is 1970. The SMILES string of the molecule is Cc1cccc2c1-c1cc(c(C)s1)[C@@H](CC(=O)O)NC(=O)[C@H](n1cc(CCN3CC(F)C3)c(C(F)(F)F)cc1=O)c1cc(ccc1F)O2. The van der Waals surface area contributed by atoms with Crippen LogP contribution in [0.2, 0.25) is 0 Å². The summed E-state index contributed by atoms with van der Waals surface area (Å²) in [6.45, 7) is 3.78. The van der Waals surface area contributed by atoms with Crippen LogP contribution >= 0.6 is 11.3 Å². The maximum Gasteiger partial charge on any atom is 0.416 e. The predicted molar refractivity (Wildman–Crippen MR) is 168 cm³/mol. The number of hydrogen-bond donors (Lipinski definition) is 2. The molecule has 0 radical (unpaired) electrons. The number of aryl methyl sites for hydroxylation is 2. The minimum absolute atomic E-state index is 0.0511. The maximum atomic E-state index is 15.8. The number of hydrogen-bond acceptors (Lipinski definition) is 6. The Labute approximate surface area is 275 Å². The van der Waals surface area contributed by atoms with E-state index >= 15 is 4.39 Å². The average Bonchev–Trinajstić information content (AvgIpc) is 3.36. The number of rotatable bonds is 6. The third-order valence-electron chi connectivity index (χ3n) is 8.60. The Hall–Kier alpha value is -4.56. The van der Waals surface area contributed by atoms with E-state index in [1.165, 1.54) is 23.5 Å². The number of nitrogens with one attached hydrogen (secondary N) is 1. The molecule has 2 aromatic carbocycles. The normalized spacial score (nSPS) is 18.4. The molecule has 1 amide bonds. The van der Waals surface area contributed by atoms with E-state index < -0.39 is 59.7 Å². The van der Waals surface area contributed by atoms with E-state index in [9.17, 15) is 37.1 Å². The van der Waals surface area contributed by atoms with Crippen molar-refractivity contribution in [2.24, 2.45) is 0 Å². The molecule has 0 aliphatic carbocycles. The third kappa shape index (κ3) is 6.59. The van der Waals surface area contributed by atoms with Crippen LogP contribution in [0.4, 0.5) is 22.0 Å². The molecule has 252 valence electrons. The molecular weight excluding hydrogens is 657 g/mol. The van der Waals surface area contributed by atoms with Gasteiger partial charge >= 0.3 is 12.1 Å². The van der Waals surface area contributed by atoms with Crippen LogP contribution in [0.3, 0.4) is 0 Å². The van der Waals surface area contributed by atoms with Crippen molar-refractivity contribution in [1.82, 2.24) is 14.8 Å². The Morgan fingerprint density at radius 2 is 1.83 bits per heavy atom. The molecular formula is C34H30F5N3O5S. The molecule has 0 spiro atoms. The van der Waals surface area contributed by atoms with E-state index in [1.54, 1.807) is 30.0 Å². The number of benzene rings is 2. The lowest BCUT2D eigenvalue weighted by molar-refractivity contribution is -0.139. The minimum atomic E-state index is -4.93. The van der Waals surface area contributed by atoms with Gasteiger partial charge in [0, 0.05) is 52.8 Å². The molecule has 4 heterocycles. The van der Waals surface area contributed by atoms with Crippen molar-refractivity contribution < 1.29 is 41.4 Å². The van der Waals surface area contributed by atoms with Crippen molar-refractivity contribution in [2.75, 3.05) is 19.6 Å². The quantitative estimate of drug-likeness (QED) is 0.223. The number of carbonyl (C=O) groups is 2. The first kappa shape index (κ1) is 33.3. The second kappa shape index (κ2) is 12.8. The van der Waals surface area contributed by atoms with Crippen molar-refractivity contribution in [3.05, 3.63) is 104 Å². The van der Waals surface area contributed by atoms with Crippen LogP contribution in [0.1, 0.15) is 51.2 Å². The first-order valence-electron chi connectivity index (χ1n) is 15.1. The summed E-state index contributed by atoms with van der Waals surface area (Å²) in [6, 6.07) is 7.96. The van der Waals surface area contributed by atoms with E-state index in [1.807, 2.05) is 13.0 Å². The zero-order chi connectivity index (χ0) is 34.5. The van der Waals surface area contributed by atoms with Crippen molar-refractivity contribution >= 4 is 23.2 Å². The fraction of sp³-hybridized carbons (Fsp3) is 0.324. The van der Waals surface area contributed by atoms with Crippen LogP contribution in [-0.2, 0) is 22.2 Å². The number of thiophene rings is 1. The first-order chi connectivity index (χ1) is 22.7. The van der Waals surface area contributed by atoms with Crippen molar-refractivity contribution in [1.29, 1.82) is 0 Å². The van der Waals surface area contributed by atoms with Gasteiger partial charge in [0.2, 0.25) is 5.91 Å². The van der Waals surface area contributed by atoms with Gasteiger partial charge in [-0.15, -0.1) is 11.3 Å². The van der Waals surface area contributed by atoms with Crippen molar-refractivity contribution in [3.8, 4) is 21.9 Å². The van der Waals surface area contributed by atoms with Gasteiger partial charge in [-0.3, -0.25) is 23.9 Å². The van der Waals surface area contributed by atoms with E-state index in [0.29, 0.717) is 27.8 Å². The highest BCUT2D eigenvalue weighted by atomic mass is 32.1. The molecule has 6 rings (SSSR count). The minimum Gasteiger partial charge on any atom is -0.481 e.